The number of halogens is 1. The summed E-state index contributed by atoms with van der Waals surface area (Å²) >= 11 is 6.15. The van der Waals surface area contributed by atoms with E-state index in [9.17, 15) is 23.2 Å². The van der Waals surface area contributed by atoms with E-state index in [0.29, 0.717) is 12.4 Å². The van der Waals surface area contributed by atoms with Crippen LogP contribution in [0.15, 0.2) is 69.7 Å². The molecule has 12 nitrogen and oxygen atoms in total. The Hall–Kier alpha value is -3.42. The second-order valence-corrected chi connectivity index (χ2v) is 12.7. The molecule has 3 atom stereocenters. The van der Waals surface area contributed by atoms with Crippen molar-refractivity contribution in [3.05, 3.63) is 60.3 Å². The maximum Gasteiger partial charge on any atom is 0.415 e. The molecule has 14 heteroatoms. The number of nitrogens with zero attached hydrogens (tertiary/aromatic N) is 3. The van der Waals surface area contributed by atoms with Crippen LogP contribution in [0, 0.1) is 16.5 Å². The van der Waals surface area contributed by atoms with Crippen molar-refractivity contribution in [2.45, 2.75) is 55.0 Å². The van der Waals surface area contributed by atoms with E-state index < -0.39 is 32.7 Å². The Balaban J connectivity index is 1.39. The standard InChI is InChI=1S/C29H38ClN3O9S/c1-5-29(3)15-9-12-23(26(29)21(2)20-30)32(4)16-17-39-24(34)13-14-25(35)40-18-19-41-27-28(33(36)42-31-27)43(37,38)22-10-7-6-8-11-22/h5-8,10-11,23,26H,1-2,9,12-20H2,3-4H3/t23?,26-,29-/m1/s1. The molecule has 1 aliphatic carbocycles. The van der Waals surface area contributed by atoms with Gasteiger partial charge < -0.3 is 19.4 Å². The fourth-order valence-corrected chi connectivity index (χ4v) is 6.79. The zero-order valence-electron chi connectivity index (χ0n) is 24.4. The third-order valence-electron chi connectivity index (χ3n) is 7.63. The number of benzene rings is 1. The Bertz CT molecular complexity index is 1380. The number of hydrogen-bond donors (Lipinski definition) is 0. The van der Waals surface area contributed by atoms with Crippen molar-refractivity contribution in [3.8, 4) is 5.88 Å². The van der Waals surface area contributed by atoms with Gasteiger partial charge in [0.25, 0.3) is 9.84 Å². The fraction of sp³-hybridized carbons (Fsp3) is 0.517. The zero-order chi connectivity index (χ0) is 31.6. The van der Waals surface area contributed by atoms with Crippen LogP contribution >= 0.6 is 11.6 Å². The van der Waals surface area contributed by atoms with Gasteiger partial charge in [-0.2, -0.15) is 0 Å². The lowest BCUT2D eigenvalue weighted by molar-refractivity contribution is -0.832. The highest BCUT2D eigenvalue weighted by Gasteiger charge is 2.43. The summed E-state index contributed by atoms with van der Waals surface area (Å²) in [6, 6.07) is 7.41. The van der Waals surface area contributed by atoms with Crippen LogP contribution in [-0.4, -0.2) is 75.7 Å². The number of ether oxygens (including phenoxy) is 3. The van der Waals surface area contributed by atoms with Crippen molar-refractivity contribution in [1.29, 1.82) is 0 Å². The van der Waals surface area contributed by atoms with Crippen LogP contribution in [0.25, 0.3) is 0 Å². The fourth-order valence-electron chi connectivity index (χ4n) is 5.33. The first-order chi connectivity index (χ1) is 20.4. The predicted octanol–water partition coefficient (Wildman–Crippen LogP) is 3.47. The molecule has 0 bridgehead atoms. The van der Waals surface area contributed by atoms with Gasteiger partial charge in [0.2, 0.25) is 0 Å². The molecule has 1 unspecified atom stereocenters. The minimum Gasteiger partial charge on any atom is -0.464 e. The molecule has 0 saturated heterocycles. The van der Waals surface area contributed by atoms with Crippen molar-refractivity contribution in [3.63, 3.8) is 0 Å². The van der Waals surface area contributed by atoms with Crippen LogP contribution < -0.4 is 9.64 Å². The quantitative estimate of drug-likeness (QED) is 0.0872. The summed E-state index contributed by atoms with van der Waals surface area (Å²) in [6.07, 6.45) is 4.63. The van der Waals surface area contributed by atoms with E-state index in [1.807, 2.05) is 13.1 Å². The predicted molar refractivity (Wildman–Crippen MR) is 156 cm³/mol. The van der Waals surface area contributed by atoms with Crippen LogP contribution in [0.2, 0.25) is 0 Å². The second kappa shape index (κ2) is 15.3. The molecule has 0 radical (unpaired) electrons. The lowest BCUT2D eigenvalue weighted by Gasteiger charge is -2.48. The van der Waals surface area contributed by atoms with E-state index >= 15 is 0 Å². The highest BCUT2D eigenvalue weighted by molar-refractivity contribution is 7.91. The molecule has 3 rings (SSSR count). The minimum absolute atomic E-state index is 0.111. The highest BCUT2D eigenvalue weighted by Crippen LogP contribution is 2.47. The van der Waals surface area contributed by atoms with Crippen LogP contribution in [0.3, 0.4) is 0 Å². The minimum atomic E-state index is -4.27. The van der Waals surface area contributed by atoms with E-state index in [4.69, 9.17) is 25.8 Å². The molecule has 1 aliphatic rings. The molecule has 0 aliphatic heterocycles. The Kier molecular flexibility index (Phi) is 12.2. The van der Waals surface area contributed by atoms with Crippen molar-refractivity contribution in [2.24, 2.45) is 11.3 Å². The highest BCUT2D eigenvalue weighted by atomic mass is 35.5. The number of aromatic nitrogens is 2. The van der Waals surface area contributed by atoms with Crippen molar-refractivity contribution in [1.82, 2.24) is 10.1 Å². The molecular weight excluding hydrogens is 602 g/mol. The first-order valence-electron chi connectivity index (χ1n) is 13.9. The van der Waals surface area contributed by atoms with E-state index in [1.165, 1.54) is 24.3 Å². The average molecular weight is 640 g/mol. The number of carbonyl (C=O) groups excluding carboxylic acids is 2. The maximum absolute atomic E-state index is 12.8. The Labute approximate surface area is 256 Å². The topological polar surface area (TPSA) is 152 Å². The van der Waals surface area contributed by atoms with Crippen molar-refractivity contribution in [2.75, 3.05) is 39.3 Å². The number of sulfone groups is 1. The number of likely N-dealkylation sites (N-methyl/N-ethyl adjacent to an activating group) is 1. The van der Waals surface area contributed by atoms with Crippen LogP contribution in [-0.2, 0) is 28.9 Å². The molecule has 1 aromatic carbocycles. The summed E-state index contributed by atoms with van der Waals surface area (Å²) in [7, 11) is -2.29. The molecule has 0 N–H and O–H groups in total. The maximum atomic E-state index is 12.8. The van der Waals surface area contributed by atoms with Gasteiger partial charge in [-0.25, -0.2) is 8.42 Å². The largest absolute Gasteiger partial charge is 0.464 e. The van der Waals surface area contributed by atoms with E-state index in [1.54, 1.807) is 6.07 Å². The summed E-state index contributed by atoms with van der Waals surface area (Å²) in [5.74, 6) is -1.28. The number of alkyl halides is 1. The zero-order valence-corrected chi connectivity index (χ0v) is 26.0. The lowest BCUT2D eigenvalue weighted by atomic mass is 9.62. The van der Waals surface area contributed by atoms with Gasteiger partial charge in [-0.1, -0.05) is 49.8 Å². The number of esters is 2. The Morgan fingerprint density at radius 3 is 2.49 bits per heavy atom. The number of allylic oxidation sites excluding steroid dienone is 1. The first kappa shape index (κ1) is 34.1. The third kappa shape index (κ3) is 8.58. The second-order valence-electron chi connectivity index (χ2n) is 10.6. The van der Waals surface area contributed by atoms with Crippen LogP contribution in [0.4, 0.5) is 0 Å². The van der Waals surface area contributed by atoms with Crippen LogP contribution in [0.1, 0.15) is 39.0 Å². The van der Waals surface area contributed by atoms with Gasteiger partial charge in [0.1, 0.15) is 19.8 Å². The molecule has 2 aromatic rings. The molecule has 1 saturated carbocycles. The molecular formula is C29H38ClN3O9S. The molecule has 1 aromatic heterocycles. The van der Waals surface area contributed by atoms with Crippen molar-refractivity contribution < 1.29 is 41.7 Å². The SMILES string of the molecule is C=C[C@]1(C)CCCC(N(C)CCOC(=O)CCC(=O)OCCOc2no[n+]([O-])c2S(=O)(=O)c2ccccc2)[C@H]1C(=C)CCl. The van der Waals surface area contributed by atoms with E-state index in [0.717, 1.165) is 24.8 Å². The third-order valence-corrected chi connectivity index (χ3v) is 9.70. The molecule has 0 spiro atoms. The summed E-state index contributed by atoms with van der Waals surface area (Å²) < 4.78 is 45.5. The number of carbonyl (C=O) groups is 2. The van der Waals surface area contributed by atoms with E-state index in [-0.39, 0.29) is 59.8 Å². The van der Waals surface area contributed by atoms with Gasteiger partial charge in [0.15, 0.2) is 0 Å². The summed E-state index contributed by atoms with van der Waals surface area (Å²) in [6.45, 7) is 10.5. The van der Waals surface area contributed by atoms with Gasteiger partial charge in [-0.3, -0.25) is 19.1 Å². The number of hydrogen-bond acceptors (Lipinski definition) is 11. The average Bonchev–Trinajstić information content (AvgIpc) is 3.38. The molecule has 236 valence electrons. The monoisotopic (exact) mass is 639 g/mol. The molecule has 43 heavy (non-hydrogen) atoms. The summed E-state index contributed by atoms with van der Waals surface area (Å²) in [5, 5.41) is 14.4. The van der Waals surface area contributed by atoms with E-state index in [2.05, 4.69) is 34.8 Å². The van der Waals surface area contributed by atoms with Gasteiger partial charge in [-0.05, 0) is 42.3 Å². The first-order valence-corrected chi connectivity index (χ1v) is 15.9. The van der Waals surface area contributed by atoms with Gasteiger partial charge in [0, 0.05) is 24.4 Å². The van der Waals surface area contributed by atoms with Crippen molar-refractivity contribution >= 4 is 33.4 Å². The molecule has 0 amide bonds. The number of rotatable bonds is 16. The normalized spacial score (nSPS) is 20.4. The summed E-state index contributed by atoms with van der Waals surface area (Å²) in [5.41, 5.74) is 0.856. The Morgan fingerprint density at radius 1 is 1.21 bits per heavy atom. The summed E-state index contributed by atoms with van der Waals surface area (Å²) in [4.78, 5) is 26.0. The van der Waals surface area contributed by atoms with Gasteiger partial charge in [-0.15, -0.1) is 18.2 Å². The Morgan fingerprint density at radius 2 is 1.86 bits per heavy atom. The van der Waals surface area contributed by atoms with Crippen LogP contribution in [0.5, 0.6) is 5.88 Å². The lowest BCUT2D eigenvalue weighted by Crippen LogP contribution is -2.49. The smallest absolute Gasteiger partial charge is 0.415 e. The van der Waals surface area contributed by atoms with Gasteiger partial charge in [0.05, 0.1) is 22.9 Å². The van der Waals surface area contributed by atoms with Gasteiger partial charge >= 0.3 is 22.8 Å². The molecule has 1 heterocycles. The molecule has 1 fully saturated rings.